The molecular weight excluding hydrogens is 2170 g/mol. The molecule has 0 bridgehead atoms. The van der Waals surface area contributed by atoms with E-state index >= 15 is 0 Å². The number of aromatic nitrogens is 20. The summed E-state index contributed by atoms with van der Waals surface area (Å²) in [6.07, 6.45) is -9.36. The number of hydrogen-bond acceptors (Lipinski definition) is 53. The van der Waals surface area contributed by atoms with E-state index in [0.717, 1.165) is 25.1 Å². The van der Waals surface area contributed by atoms with E-state index in [2.05, 4.69) is 99.9 Å². The van der Waals surface area contributed by atoms with Crippen LogP contribution in [0, 0.1) is 0 Å². The monoisotopic (exact) mass is 2270 g/mol. The molecule has 10 aromatic rings. The minimum atomic E-state index is -6.21. The summed E-state index contributed by atoms with van der Waals surface area (Å²) in [4.78, 5) is 197. The molecule has 72 nitrogen and oxygen atoms in total. The normalized spacial score (nSPS) is 24.1. The molecule has 0 saturated carbocycles. The van der Waals surface area contributed by atoms with E-state index in [1.165, 1.54) is 32.7 Å². The smallest absolute Gasteiger partial charge is 0.756 e. The molecular formula is C59H96IN28NaO44P6S. The van der Waals surface area contributed by atoms with Gasteiger partial charge in [0.05, 0.1) is 112 Å². The van der Waals surface area contributed by atoms with Crippen LogP contribution in [0.5, 0.6) is 0 Å². The Balaban J connectivity index is 0.000000257. The fourth-order valence-corrected chi connectivity index (χ4v) is 18.2. The first-order chi connectivity index (χ1) is 63.4. The molecule has 5 aliphatic rings. The Morgan fingerprint density at radius 3 is 1.12 bits per heavy atom. The van der Waals surface area contributed by atoms with Crippen molar-refractivity contribution in [2.45, 2.75) is 101 Å². The maximum Gasteiger partial charge on any atom is 1.00 e. The number of H-pyrrole nitrogens is 5. The molecule has 5 saturated heterocycles. The molecule has 0 spiro atoms. The predicted octanol–water partition coefficient (Wildman–Crippen LogP) is -20.4. The number of nitrogens with zero attached hydrogens (tertiary/aromatic N) is 18. The van der Waals surface area contributed by atoms with Crippen molar-refractivity contribution >= 4 is 143 Å². The molecule has 0 amide bonds. The van der Waals surface area contributed by atoms with Crippen LogP contribution in [0.3, 0.4) is 0 Å². The second-order valence-corrected chi connectivity index (χ2v) is 41.2. The number of likely N-dealkylation sites (N-methyl/N-ethyl adjacent to an activating group) is 3. The van der Waals surface area contributed by atoms with Crippen LogP contribution in [0.15, 0.2) is 55.6 Å². The van der Waals surface area contributed by atoms with Crippen molar-refractivity contribution in [2.24, 2.45) is 14.1 Å². The summed E-state index contributed by atoms with van der Waals surface area (Å²) < 4.78 is 201. The second-order valence-electron chi connectivity index (χ2n) is 29.3. The number of aryl methyl sites for hydroxylation is 2. The van der Waals surface area contributed by atoms with Crippen molar-refractivity contribution in [3.8, 4) is 0 Å². The van der Waals surface area contributed by atoms with Crippen molar-refractivity contribution < 1.29 is 236 Å². The van der Waals surface area contributed by atoms with Crippen LogP contribution in [0.1, 0.15) is 46.0 Å². The van der Waals surface area contributed by atoms with Gasteiger partial charge in [-0.3, -0.25) is 136 Å². The Morgan fingerprint density at radius 1 is 0.450 bits per heavy atom. The van der Waals surface area contributed by atoms with Crippen LogP contribution in [0.2, 0.25) is 0 Å². The zero-order valence-corrected chi connectivity index (χ0v) is 82.4. The summed E-state index contributed by atoms with van der Waals surface area (Å²) in [7, 11) is -24.6. The Kier molecular flexibility index (Phi) is 41.1. The van der Waals surface area contributed by atoms with Crippen LogP contribution in [0.25, 0.3) is 55.8 Å². The van der Waals surface area contributed by atoms with E-state index in [-0.39, 0.29) is 151 Å². The standard InChI is InChI=1S/C22H32N11O16P3.C12H19N6O6P.C11H17N6O6P.C10H14N5O8P.C2H6O4S.2CH4.IO4.Na/c1-30-3-9(46-11(4-30)33-8-31(2)13-17(33)27-22(24)29-19(13)37)5-44-50(38,39)48-52(42,43)49-51(40,41)45-6-10-14(34)15(35)20(47-10)32-7-25-12-16(32)26-21(23)28-18(12)36;1-16-3-7(5-23-25(20,21)22)24-8(4-16)18-6-17(2)9-10(18)14-12(13)15-11(9)19;1-16-2-6(4-22-24(19,20)21)23-7(3-16)17-5-13-8-9(17)14-11(12)15-10(8)18;11-10-13-7-4(8(18)14-10)12-2-15(7)9-6(17)5(16)3(23-9)1-22-24(19,20)21;1-5-7(3,4)6-2;;;2-1(3,4)5;/h7-11,14-15,20,34-35H,3-6H2,1-2H3,(H8-,23,24,26,27,28,29,36,37,38,39,40,41,42,43);6-8H,3-5H2,1-2H3,(H4-,13,14,15,19,20,21,22);5-7H,2-4H2,1H3,(H2,19,20,21)(H3,12,14,15,18);2-3,5-6,9,16-17H,1H2,(H2,19,20,21)(H3,11,13,14,18);1-2H3;2*1H4;;/q;;;;;;;-1;+1/t9-,10?,11?,14+,15+,20+;7-,8?;6-,7?;3-,5-,6-,9?;;;;;/m0001...../s1. The fourth-order valence-electron chi connectivity index (χ4n) is 13.5. The van der Waals surface area contributed by atoms with E-state index in [9.17, 15) is 94.9 Å². The van der Waals surface area contributed by atoms with Gasteiger partial charge in [0.2, 0.25) is 28.9 Å². The number of imidazole rings is 5. The Labute approximate surface area is 811 Å². The molecule has 8 unspecified atom stereocenters. The summed E-state index contributed by atoms with van der Waals surface area (Å²) in [5.41, 5.74) is 26.3. The summed E-state index contributed by atoms with van der Waals surface area (Å²) in [6.45, 7) is -0.871. The number of nitrogens with two attached hydrogens (primary N) is 5. The van der Waals surface area contributed by atoms with Gasteiger partial charge in [-0.1, -0.05) is 24.8 Å². The van der Waals surface area contributed by atoms with Gasteiger partial charge in [-0.05, 0) is 21.1 Å². The minimum Gasteiger partial charge on any atom is -0.756 e. The van der Waals surface area contributed by atoms with Crippen molar-refractivity contribution in [3.05, 3.63) is 83.4 Å². The number of hydrogen-bond donors (Lipinski definition) is 21. The SMILES string of the molecule is C.C.CN1CC([n+]2cn(C)c3c(=O)[nH]c(N)nc32)O[C@H](COP(=O)(O)O)C1.CN1CC([n+]2cn(C)c3c(=O)[nH]c(N)nc32)O[C@H](COP(=O)(O)OP(=O)([O-])OP(=O)([O-])OCC2O[C@@H](n3cnc4c(=O)[nH]c(N)nc43)[C@H](O)[C@@H]2O)C1.CN1CC(n2cnc3c(=O)[nH]c(N)nc32)O[C@H](COP(=O)(O)O)C1.COS(=O)(=O)OC.Nc1nc2c(ncn2C2O[C@H](COP(=O)(O)O)[C@@H](O)[C@H]2O)c(=O)[nH]1.[Na+].[O-][I+3]([O-])([O-])[O-]. The molecule has 780 valence electrons. The first-order valence-electron chi connectivity index (χ1n) is 37.9. The molecule has 5 aliphatic heterocycles. The molecule has 0 radical (unpaired) electrons. The number of aromatic amines is 5. The van der Waals surface area contributed by atoms with Gasteiger partial charge in [-0.25, -0.2) is 51.0 Å². The molecule has 15 rings (SSSR count). The largest absolute Gasteiger partial charge is 1.00 e. The van der Waals surface area contributed by atoms with E-state index < -0.39 is 206 Å². The number of phosphoric acid groups is 6. The number of nitrogens with one attached hydrogen (secondary N) is 5. The van der Waals surface area contributed by atoms with Gasteiger partial charge in [0, 0.05) is 26.2 Å². The van der Waals surface area contributed by atoms with Crippen LogP contribution < -0.4 is 139 Å². The van der Waals surface area contributed by atoms with Crippen LogP contribution in [-0.2, 0) is 115 Å². The number of fused-ring (bicyclic) bond motifs is 5. The van der Waals surface area contributed by atoms with E-state index in [1.807, 2.05) is 23.9 Å². The van der Waals surface area contributed by atoms with Crippen molar-refractivity contribution in [1.29, 1.82) is 0 Å². The molecule has 0 aliphatic carbocycles. The number of nitrogen functional groups attached to an aromatic ring is 5. The third-order valence-corrected chi connectivity index (χ3v) is 25.4. The third kappa shape index (κ3) is 32.5. The van der Waals surface area contributed by atoms with Gasteiger partial charge >= 0.3 is 82.5 Å². The number of phosphoric ester groups is 5. The zero-order valence-electron chi connectivity index (χ0n) is 72.0. The average molecular weight is 2270 g/mol. The first-order valence-corrected chi connectivity index (χ1v) is 51.7. The van der Waals surface area contributed by atoms with E-state index in [0.29, 0.717) is 37.3 Å². The summed E-state index contributed by atoms with van der Waals surface area (Å²) >= 11 is -5.94. The number of halogens is 1. The topological polar surface area (TPSA) is 1070 Å². The summed E-state index contributed by atoms with van der Waals surface area (Å²) in [5, 5.41) is 41.0. The average Bonchev–Trinajstić information content (AvgIpc) is 1.62. The molecule has 10 aromatic heterocycles. The Hall–Kier alpha value is -7.55. The van der Waals surface area contributed by atoms with Crippen molar-refractivity contribution in [3.63, 3.8) is 0 Å². The van der Waals surface area contributed by atoms with Gasteiger partial charge in [-0.15, -0.1) is 0 Å². The first kappa shape index (κ1) is 119. The molecule has 5 fully saturated rings. The van der Waals surface area contributed by atoms with Crippen LogP contribution in [0.4, 0.5) is 29.7 Å². The second kappa shape index (κ2) is 48.2. The number of rotatable bonds is 26. The summed E-state index contributed by atoms with van der Waals surface area (Å²) in [5.74, 6) is -0.689. The maximum absolute atomic E-state index is 12.5. The van der Waals surface area contributed by atoms with E-state index in [4.69, 9.17) is 100.0 Å². The van der Waals surface area contributed by atoms with Crippen LogP contribution >= 0.6 is 46.9 Å². The number of anilines is 5. The Morgan fingerprint density at radius 2 is 0.764 bits per heavy atom. The summed E-state index contributed by atoms with van der Waals surface area (Å²) in [6, 6.07) is 0. The molecule has 15 heterocycles. The fraction of sp³-hybridized carbons (Fsp3) is 0.576. The maximum atomic E-state index is 12.5. The van der Waals surface area contributed by atoms with Gasteiger partial charge in [0.1, 0.15) is 62.9 Å². The number of morpholine rings is 3. The number of aliphatic hydroxyl groups excluding tert-OH is 4. The van der Waals surface area contributed by atoms with Gasteiger partial charge < -0.3 is 121 Å². The quantitative estimate of drug-likeness (QED) is 0.0104. The van der Waals surface area contributed by atoms with Gasteiger partial charge in [0.15, 0.2) is 71.1 Å². The van der Waals surface area contributed by atoms with Crippen molar-refractivity contribution in [1.82, 2.24) is 102 Å². The zero-order chi connectivity index (χ0) is 102. The molecule has 140 heavy (non-hydrogen) atoms. The third-order valence-electron chi connectivity index (χ3n) is 19.0. The van der Waals surface area contributed by atoms with Crippen molar-refractivity contribution in [2.75, 3.05) is 136 Å². The van der Waals surface area contributed by atoms with Gasteiger partial charge in [-0.2, -0.15) is 23.4 Å². The molecule has 0 aromatic carbocycles. The molecule has 81 heteroatoms. The van der Waals surface area contributed by atoms with Crippen LogP contribution in [-0.4, -0.2) is 328 Å². The minimum absolute atomic E-state index is 0. The number of ether oxygens (including phenoxy) is 5. The Bertz CT molecular complexity index is 6720. The molecule has 26 N–H and O–H groups in total. The predicted molar refractivity (Wildman–Crippen MR) is 445 cm³/mol. The van der Waals surface area contributed by atoms with Gasteiger partial charge in [0.25, 0.3) is 55.3 Å². The molecule has 17 atom stereocenters. The van der Waals surface area contributed by atoms with E-state index in [1.54, 1.807) is 46.1 Å². The number of aliphatic hydroxyl groups is 4.